The molecule has 0 saturated carbocycles. The van der Waals surface area contributed by atoms with Crippen molar-refractivity contribution in [2.45, 2.75) is 26.2 Å². The first-order valence-corrected chi connectivity index (χ1v) is 10.7. The number of ether oxygens (including phenoxy) is 2. The smallest absolute Gasteiger partial charge is 0.264 e. The first-order valence-electron chi connectivity index (χ1n) is 9.08. The summed E-state index contributed by atoms with van der Waals surface area (Å²) < 4.78 is 40.5. The van der Waals surface area contributed by atoms with Crippen LogP contribution < -0.4 is 9.47 Å². The van der Waals surface area contributed by atoms with Crippen LogP contribution in [0.25, 0.3) is 0 Å². The summed E-state index contributed by atoms with van der Waals surface area (Å²) in [6.07, 6.45) is 0.608. The van der Waals surface area contributed by atoms with Gasteiger partial charge in [0.2, 0.25) is 0 Å². The summed E-state index contributed by atoms with van der Waals surface area (Å²) in [5.41, 5.74) is 0.906. The Bertz CT molecular complexity index is 953. The average Bonchev–Trinajstić information content (AvgIpc) is 2.65. The molecule has 0 aromatic heterocycles. The van der Waals surface area contributed by atoms with Gasteiger partial charge in [-0.05, 0) is 49.6 Å². The van der Waals surface area contributed by atoms with Crippen molar-refractivity contribution in [3.05, 3.63) is 47.5 Å². The van der Waals surface area contributed by atoms with Gasteiger partial charge in [-0.25, -0.2) is 0 Å². The molecule has 2 aromatic rings. The Morgan fingerprint density at radius 1 is 1.03 bits per heavy atom. The Morgan fingerprint density at radius 3 is 2.41 bits per heavy atom. The maximum absolute atomic E-state index is 12.4. The van der Waals surface area contributed by atoms with Crippen molar-refractivity contribution in [3.8, 4) is 23.0 Å². The maximum Gasteiger partial charge on any atom is 0.264 e. The molecule has 0 fully saturated rings. The standard InChI is InChI=1S/C20H24O8S/c1-2-27-20-9-5-14(12-19(20)23)4-8-17(21)16-7-6-15(13-18(16)22)28-10-3-11-29(24,25)26/h5-7,9,12-13,22-23H,2-4,8,10-11H2,1H3,(H,24,25,26). The summed E-state index contributed by atoms with van der Waals surface area (Å²) in [6.45, 7) is 2.28. The first-order chi connectivity index (χ1) is 13.7. The fourth-order valence-electron chi connectivity index (χ4n) is 2.66. The minimum Gasteiger partial charge on any atom is -0.507 e. The number of hydrogen-bond acceptors (Lipinski definition) is 7. The Balaban J connectivity index is 1.91. The number of benzene rings is 2. The van der Waals surface area contributed by atoms with Gasteiger partial charge in [0.15, 0.2) is 17.3 Å². The van der Waals surface area contributed by atoms with E-state index in [1.807, 2.05) is 6.92 Å². The third-order valence-corrected chi connectivity index (χ3v) is 4.85. The summed E-state index contributed by atoms with van der Waals surface area (Å²) in [4.78, 5) is 12.4. The molecule has 2 aromatic carbocycles. The molecule has 0 saturated heterocycles. The van der Waals surface area contributed by atoms with Gasteiger partial charge in [-0.1, -0.05) is 6.07 Å². The molecule has 158 valence electrons. The second-order valence-electron chi connectivity index (χ2n) is 6.33. The van der Waals surface area contributed by atoms with Gasteiger partial charge in [-0.2, -0.15) is 8.42 Å². The van der Waals surface area contributed by atoms with E-state index >= 15 is 0 Å². The normalized spacial score (nSPS) is 11.2. The number of phenols is 2. The predicted molar refractivity (Wildman–Crippen MR) is 107 cm³/mol. The van der Waals surface area contributed by atoms with Crippen LogP contribution in [-0.2, 0) is 16.5 Å². The predicted octanol–water partition coefficient (Wildman–Crippen LogP) is 2.97. The SMILES string of the molecule is CCOc1ccc(CCC(=O)c2ccc(OCCCS(=O)(=O)O)cc2O)cc1O. The second kappa shape index (κ2) is 10.1. The lowest BCUT2D eigenvalue weighted by molar-refractivity contribution is 0.0980. The summed E-state index contributed by atoms with van der Waals surface area (Å²) in [7, 11) is -4.04. The molecule has 0 bridgehead atoms. The molecule has 0 radical (unpaired) electrons. The van der Waals surface area contributed by atoms with Crippen LogP contribution in [0.15, 0.2) is 36.4 Å². The van der Waals surface area contributed by atoms with E-state index in [-0.39, 0.29) is 48.0 Å². The number of phenolic OH excluding ortho intramolecular Hbond substituents is 2. The monoisotopic (exact) mass is 424 g/mol. The van der Waals surface area contributed by atoms with Crippen molar-refractivity contribution in [2.24, 2.45) is 0 Å². The molecule has 0 spiro atoms. The number of Topliss-reactive ketones (excluding diaryl/α,β-unsaturated/α-hetero) is 1. The highest BCUT2D eigenvalue weighted by molar-refractivity contribution is 7.85. The molecular formula is C20H24O8S. The quantitative estimate of drug-likeness (QED) is 0.285. The molecule has 9 heteroatoms. The second-order valence-corrected chi connectivity index (χ2v) is 7.90. The largest absolute Gasteiger partial charge is 0.507 e. The zero-order chi connectivity index (χ0) is 21.4. The molecule has 0 amide bonds. The Labute approximate surface area is 169 Å². The van der Waals surface area contributed by atoms with E-state index in [9.17, 15) is 23.4 Å². The highest BCUT2D eigenvalue weighted by Crippen LogP contribution is 2.28. The molecule has 0 aliphatic heterocycles. The highest BCUT2D eigenvalue weighted by atomic mass is 32.2. The van der Waals surface area contributed by atoms with Gasteiger partial charge < -0.3 is 19.7 Å². The molecule has 0 unspecified atom stereocenters. The molecular weight excluding hydrogens is 400 g/mol. The Hall–Kier alpha value is -2.78. The van der Waals surface area contributed by atoms with Crippen LogP contribution in [0.1, 0.15) is 35.7 Å². The van der Waals surface area contributed by atoms with Gasteiger partial charge in [0.1, 0.15) is 11.5 Å². The fourth-order valence-corrected chi connectivity index (χ4v) is 3.14. The van der Waals surface area contributed by atoms with Gasteiger partial charge in [0.25, 0.3) is 10.1 Å². The molecule has 0 aliphatic carbocycles. The first kappa shape index (κ1) is 22.5. The lowest BCUT2D eigenvalue weighted by Crippen LogP contribution is -2.08. The van der Waals surface area contributed by atoms with Gasteiger partial charge >= 0.3 is 0 Å². The van der Waals surface area contributed by atoms with Crippen molar-refractivity contribution in [1.82, 2.24) is 0 Å². The summed E-state index contributed by atoms with van der Waals surface area (Å²) >= 11 is 0. The van der Waals surface area contributed by atoms with Gasteiger partial charge in [0.05, 0.1) is 24.5 Å². The molecule has 0 aliphatic rings. The lowest BCUT2D eigenvalue weighted by atomic mass is 10.0. The van der Waals surface area contributed by atoms with Crippen LogP contribution in [0.3, 0.4) is 0 Å². The van der Waals surface area contributed by atoms with E-state index in [4.69, 9.17) is 14.0 Å². The number of hydrogen-bond donors (Lipinski definition) is 3. The molecule has 8 nitrogen and oxygen atoms in total. The third kappa shape index (κ3) is 7.28. The van der Waals surface area contributed by atoms with Crippen molar-refractivity contribution in [2.75, 3.05) is 19.0 Å². The summed E-state index contributed by atoms with van der Waals surface area (Å²) in [5, 5.41) is 20.0. The molecule has 29 heavy (non-hydrogen) atoms. The minimum atomic E-state index is -4.04. The zero-order valence-corrected chi connectivity index (χ0v) is 16.8. The summed E-state index contributed by atoms with van der Waals surface area (Å²) in [6, 6.07) is 9.17. The Morgan fingerprint density at radius 2 is 1.79 bits per heavy atom. The molecule has 3 N–H and O–H groups in total. The van der Waals surface area contributed by atoms with Gasteiger partial charge in [-0.3, -0.25) is 9.35 Å². The number of aromatic hydroxyl groups is 2. The number of ketones is 1. The van der Waals surface area contributed by atoms with Crippen LogP contribution in [-0.4, -0.2) is 47.9 Å². The van der Waals surface area contributed by atoms with Crippen LogP contribution >= 0.6 is 0 Å². The van der Waals surface area contributed by atoms with Crippen molar-refractivity contribution < 1.29 is 37.5 Å². The zero-order valence-electron chi connectivity index (χ0n) is 16.0. The molecule has 0 atom stereocenters. The van der Waals surface area contributed by atoms with E-state index in [2.05, 4.69) is 0 Å². The molecule has 0 heterocycles. The number of rotatable bonds is 11. The highest BCUT2D eigenvalue weighted by Gasteiger charge is 2.13. The topological polar surface area (TPSA) is 130 Å². The van der Waals surface area contributed by atoms with E-state index in [1.54, 1.807) is 18.2 Å². The van der Waals surface area contributed by atoms with E-state index < -0.39 is 15.9 Å². The van der Waals surface area contributed by atoms with Crippen LogP contribution in [0.4, 0.5) is 0 Å². The van der Waals surface area contributed by atoms with Crippen LogP contribution in [0.2, 0.25) is 0 Å². The molecule has 2 rings (SSSR count). The maximum atomic E-state index is 12.4. The van der Waals surface area contributed by atoms with E-state index in [1.165, 1.54) is 18.2 Å². The number of carbonyl (C=O) groups is 1. The summed E-state index contributed by atoms with van der Waals surface area (Å²) in [5.74, 6) is -0.254. The number of carbonyl (C=O) groups excluding carboxylic acids is 1. The minimum absolute atomic E-state index is 0.00939. The third-order valence-electron chi connectivity index (χ3n) is 4.05. The number of aryl methyl sites for hydroxylation is 1. The average molecular weight is 424 g/mol. The van der Waals surface area contributed by atoms with E-state index in [0.717, 1.165) is 5.56 Å². The van der Waals surface area contributed by atoms with Gasteiger partial charge in [-0.15, -0.1) is 0 Å². The van der Waals surface area contributed by atoms with Crippen LogP contribution in [0, 0.1) is 0 Å². The van der Waals surface area contributed by atoms with Crippen LogP contribution in [0.5, 0.6) is 23.0 Å². The van der Waals surface area contributed by atoms with Crippen molar-refractivity contribution in [1.29, 1.82) is 0 Å². The van der Waals surface area contributed by atoms with E-state index in [0.29, 0.717) is 18.8 Å². The Kier molecular flexibility index (Phi) is 7.86. The van der Waals surface area contributed by atoms with Crippen molar-refractivity contribution >= 4 is 15.9 Å². The fraction of sp³-hybridized carbons (Fsp3) is 0.350. The van der Waals surface area contributed by atoms with Gasteiger partial charge in [0, 0.05) is 12.5 Å². The van der Waals surface area contributed by atoms with Crippen molar-refractivity contribution in [3.63, 3.8) is 0 Å². The lowest BCUT2D eigenvalue weighted by Gasteiger charge is -2.10.